The Morgan fingerprint density at radius 3 is 2.50 bits per heavy atom. The van der Waals surface area contributed by atoms with E-state index in [9.17, 15) is 5.11 Å². The van der Waals surface area contributed by atoms with Gasteiger partial charge in [0.1, 0.15) is 13.2 Å². The maximum atomic E-state index is 10.2. The lowest BCUT2D eigenvalue weighted by atomic mass is 9.96. The molecule has 1 aliphatic rings. The molecule has 0 aromatic heterocycles. The molecule has 0 aliphatic carbocycles. The third-order valence-corrected chi connectivity index (χ3v) is 3.67. The van der Waals surface area contributed by atoms with Gasteiger partial charge in [0.05, 0.1) is 11.1 Å². The molecule has 0 amide bonds. The zero-order valence-corrected chi connectivity index (χ0v) is 11.5. The van der Waals surface area contributed by atoms with Gasteiger partial charge in [-0.2, -0.15) is 0 Å². The normalized spacial score (nSPS) is 17.3. The van der Waals surface area contributed by atoms with Gasteiger partial charge in [0, 0.05) is 11.6 Å². The predicted molar refractivity (Wildman–Crippen MR) is 71.5 cm³/mol. The van der Waals surface area contributed by atoms with Crippen LogP contribution >= 0.6 is 11.6 Å². The number of halogens is 1. The van der Waals surface area contributed by atoms with E-state index in [4.69, 9.17) is 21.1 Å². The molecule has 2 atom stereocenters. The van der Waals surface area contributed by atoms with Crippen molar-refractivity contribution in [1.29, 1.82) is 0 Å². The van der Waals surface area contributed by atoms with Crippen LogP contribution in [0.4, 0.5) is 0 Å². The molecule has 1 heterocycles. The third-order valence-electron chi connectivity index (χ3n) is 3.34. The predicted octanol–water partition coefficient (Wildman–Crippen LogP) is 3.58. The second kappa shape index (κ2) is 5.81. The molecule has 3 nitrogen and oxygen atoms in total. The van der Waals surface area contributed by atoms with Crippen molar-refractivity contribution in [2.45, 2.75) is 32.8 Å². The lowest BCUT2D eigenvalue weighted by Crippen LogP contribution is -2.16. The zero-order chi connectivity index (χ0) is 13.1. The van der Waals surface area contributed by atoms with Crippen molar-refractivity contribution in [1.82, 2.24) is 0 Å². The molecule has 0 saturated carbocycles. The van der Waals surface area contributed by atoms with Gasteiger partial charge in [-0.05, 0) is 18.4 Å². The molecule has 0 saturated heterocycles. The Morgan fingerprint density at radius 1 is 1.28 bits per heavy atom. The van der Waals surface area contributed by atoms with Gasteiger partial charge in [0.15, 0.2) is 11.5 Å². The summed E-state index contributed by atoms with van der Waals surface area (Å²) in [4.78, 5) is 0. The van der Waals surface area contributed by atoms with E-state index in [1.165, 1.54) is 0 Å². The van der Waals surface area contributed by atoms with E-state index < -0.39 is 6.10 Å². The van der Waals surface area contributed by atoms with E-state index in [2.05, 4.69) is 13.8 Å². The summed E-state index contributed by atoms with van der Waals surface area (Å²) in [7, 11) is 0. The number of benzene rings is 1. The summed E-state index contributed by atoms with van der Waals surface area (Å²) in [5, 5.41) is 10.8. The van der Waals surface area contributed by atoms with E-state index in [0.717, 1.165) is 12.0 Å². The zero-order valence-electron chi connectivity index (χ0n) is 10.8. The van der Waals surface area contributed by atoms with Crippen LogP contribution < -0.4 is 9.47 Å². The van der Waals surface area contributed by atoms with E-state index in [1.807, 2.05) is 0 Å². The van der Waals surface area contributed by atoms with Crippen LogP contribution in [-0.2, 0) is 0 Å². The van der Waals surface area contributed by atoms with Crippen LogP contribution in [0.3, 0.4) is 0 Å². The highest BCUT2D eigenvalue weighted by molar-refractivity contribution is 6.31. The molecule has 0 bridgehead atoms. The second-order valence-corrected chi connectivity index (χ2v) is 5.19. The number of aliphatic hydroxyl groups excluding tert-OH is 1. The molecule has 1 aromatic carbocycles. The van der Waals surface area contributed by atoms with Gasteiger partial charge < -0.3 is 14.6 Å². The van der Waals surface area contributed by atoms with Crippen LogP contribution in [0, 0.1) is 5.92 Å². The molecule has 18 heavy (non-hydrogen) atoms. The first-order valence-electron chi connectivity index (χ1n) is 6.39. The van der Waals surface area contributed by atoms with Gasteiger partial charge >= 0.3 is 0 Å². The fourth-order valence-electron chi connectivity index (χ4n) is 2.01. The Labute approximate surface area is 113 Å². The van der Waals surface area contributed by atoms with Gasteiger partial charge in [-0.25, -0.2) is 0 Å². The van der Waals surface area contributed by atoms with Crippen molar-refractivity contribution >= 4 is 11.6 Å². The molecule has 0 spiro atoms. The first-order chi connectivity index (χ1) is 8.61. The molecule has 0 fully saturated rings. The van der Waals surface area contributed by atoms with E-state index in [-0.39, 0.29) is 0 Å². The summed E-state index contributed by atoms with van der Waals surface area (Å²) in [5.41, 5.74) is 0.723. The highest BCUT2D eigenvalue weighted by atomic mass is 35.5. The number of ether oxygens (including phenoxy) is 2. The first-order valence-corrected chi connectivity index (χ1v) is 6.76. The second-order valence-electron chi connectivity index (χ2n) is 4.78. The number of fused-ring (bicyclic) bond motifs is 1. The Bertz CT molecular complexity index is 420. The smallest absolute Gasteiger partial charge is 0.162 e. The summed E-state index contributed by atoms with van der Waals surface area (Å²) in [5.74, 6) is 1.79. The van der Waals surface area contributed by atoms with Gasteiger partial charge in [-0.3, -0.25) is 0 Å². The summed E-state index contributed by atoms with van der Waals surface area (Å²) < 4.78 is 11.0. The lowest BCUT2D eigenvalue weighted by molar-refractivity contribution is 0.143. The molecule has 4 heteroatoms. The number of rotatable bonds is 4. The summed E-state index contributed by atoms with van der Waals surface area (Å²) in [6, 6.07) is 3.52. The van der Waals surface area contributed by atoms with Crippen LogP contribution in [0.15, 0.2) is 12.1 Å². The monoisotopic (exact) mass is 270 g/mol. The molecular weight excluding hydrogens is 252 g/mol. The van der Waals surface area contributed by atoms with Crippen molar-refractivity contribution in [3.8, 4) is 11.5 Å². The maximum Gasteiger partial charge on any atom is 0.162 e. The number of hydrogen-bond acceptors (Lipinski definition) is 3. The first kappa shape index (κ1) is 13.5. The van der Waals surface area contributed by atoms with E-state index in [1.54, 1.807) is 12.1 Å². The molecule has 2 rings (SSSR count). The van der Waals surface area contributed by atoms with E-state index >= 15 is 0 Å². The minimum absolute atomic E-state index is 0.462. The quantitative estimate of drug-likeness (QED) is 0.909. The van der Waals surface area contributed by atoms with Gasteiger partial charge in [-0.15, -0.1) is 0 Å². The molecule has 1 aromatic rings. The standard InChI is InChI=1S/C14H19ClO3/c1-3-9(2)6-12(16)10-7-13-14(8-11(10)15)18-5-4-17-13/h7-9,12,16H,3-6H2,1-2H3. The Kier molecular flexibility index (Phi) is 4.36. The Morgan fingerprint density at radius 2 is 1.89 bits per heavy atom. The average molecular weight is 271 g/mol. The van der Waals surface area contributed by atoms with Crippen LogP contribution in [0.1, 0.15) is 38.4 Å². The molecule has 0 radical (unpaired) electrons. The highest BCUT2D eigenvalue weighted by Crippen LogP contribution is 2.39. The van der Waals surface area contributed by atoms with Crippen LogP contribution in [0.25, 0.3) is 0 Å². The van der Waals surface area contributed by atoms with Crippen molar-refractivity contribution in [3.05, 3.63) is 22.7 Å². The van der Waals surface area contributed by atoms with E-state index in [0.29, 0.717) is 42.1 Å². The topological polar surface area (TPSA) is 38.7 Å². The van der Waals surface area contributed by atoms with Crippen molar-refractivity contribution in [3.63, 3.8) is 0 Å². The lowest BCUT2D eigenvalue weighted by Gasteiger charge is -2.22. The SMILES string of the molecule is CCC(C)CC(O)c1cc2c(cc1Cl)OCCO2. The Balaban J connectivity index is 2.22. The molecular formula is C14H19ClO3. The van der Waals surface area contributed by atoms with Crippen molar-refractivity contribution in [2.75, 3.05) is 13.2 Å². The minimum Gasteiger partial charge on any atom is -0.486 e. The summed E-state index contributed by atoms with van der Waals surface area (Å²) in [6.45, 7) is 5.31. The summed E-state index contributed by atoms with van der Waals surface area (Å²) >= 11 is 6.19. The highest BCUT2D eigenvalue weighted by Gasteiger charge is 2.20. The maximum absolute atomic E-state index is 10.2. The van der Waals surface area contributed by atoms with Gasteiger partial charge in [0.25, 0.3) is 0 Å². The van der Waals surface area contributed by atoms with Crippen molar-refractivity contribution in [2.24, 2.45) is 5.92 Å². The average Bonchev–Trinajstić information content (AvgIpc) is 2.37. The molecule has 1 N–H and O–H groups in total. The largest absolute Gasteiger partial charge is 0.486 e. The van der Waals surface area contributed by atoms with Crippen molar-refractivity contribution < 1.29 is 14.6 Å². The fourth-order valence-corrected chi connectivity index (χ4v) is 2.29. The van der Waals surface area contributed by atoms with Crippen LogP contribution in [0.5, 0.6) is 11.5 Å². The van der Waals surface area contributed by atoms with Gasteiger partial charge in [-0.1, -0.05) is 31.9 Å². The third kappa shape index (κ3) is 2.90. The fraction of sp³-hybridized carbons (Fsp3) is 0.571. The minimum atomic E-state index is -0.553. The number of hydrogen-bond donors (Lipinski definition) is 1. The molecule has 100 valence electrons. The Hall–Kier alpha value is -0.930. The summed E-state index contributed by atoms with van der Waals surface area (Å²) in [6.07, 6.45) is 1.19. The number of aliphatic hydroxyl groups is 1. The van der Waals surface area contributed by atoms with Crippen LogP contribution in [-0.4, -0.2) is 18.3 Å². The molecule has 2 unspecified atom stereocenters. The van der Waals surface area contributed by atoms with Gasteiger partial charge in [0.2, 0.25) is 0 Å². The molecule has 1 aliphatic heterocycles. The van der Waals surface area contributed by atoms with Crippen LogP contribution in [0.2, 0.25) is 5.02 Å².